The van der Waals surface area contributed by atoms with Crippen LogP contribution in [0.5, 0.6) is 0 Å². The van der Waals surface area contributed by atoms with Gasteiger partial charge in [-0.3, -0.25) is 0 Å². The van der Waals surface area contributed by atoms with Gasteiger partial charge in [-0.1, -0.05) is 84.5 Å². The zero-order chi connectivity index (χ0) is 28.5. The monoisotopic (exact) mass is 624 g/mol. The minimum atomic E-state index is 1.23. The van der Waals surface area contributed by atoms with Crippen LogP contribution in [0.1, 0.15) is 131 Å². The van der Waals surface area contributed by atoms with Gasteiger partial charge in [-0.2, -0.15) is 0 Å². The lowest BCUT2D eigenvalue weighted by Crippen LogP contribution is -1.86. The van der Waals surface area contributed by atoms with Gasteiger partial charge < -0.3 is 0 Å². The van der Waals surface area contributed by atoms with Gasteiger partial charge in [-0.25, -0.2) is 0 Å². The first-order valence-electron chi connectivity index (χ1n) is 16.6. The predicted octanol–water partition coefficient (Wildman–Crippen LogP) is 14.0. The molecule has 0 fully saturated rings. The Hall–Kier alpha value is -1.20. The standard InChI is InChI=1S/C37H52S4/c1-3-5-7-9-11-14-18-30-26-28-38-36(30)34-24-22-32(40-34)20-16-13-17-21-33-23-25-35(41-33)37-31(27-29-39-37)19-15-12-10-8-6-4-2/h22-29H,3-21H2,1-2H3. The summed E-state index contributed by atoms with van der Waals surface area (Å²) in [5.74, 6) is 0. The fraction of sp³-hybridized carbons (Fsp3) is 0.568. The average molecular weight is 625 g/mol. The largest absolute Gasteiger partial charge is 0.143 e. The highest BCUT2D eigenvalue weighted by molar-refractivity contribution is 7.22. The quantitative estimate of drug-likeness (QED) is 0.0763. The van der Waals surface area contributed by atoms with Crippen molar-refractivity contribution in [2.45, 2.75) is 136 Å². The third-order valence-corrected chi connectivity index (χ3v) is 12.8. The van der Waals surface area contributed by atoms with E-state index in [2.05, 4.69) is 61.0 Å². The van der Waals surface area contributed by atoms with Crippen molar-refractivity contribution in [2.75, 3.05) is 0 Å². The molecule has 0 aromatic carbocycles. The van der Waals surface area contributed by atoms with E-state index in [1.165, 1.54) is 142 Å². The van der Waals surface area contributed by atoms with Gasteiger partial charge in [0.2, 0.25) is 0 Å². The van der Waals surface area contributed by atoms with Gasteiger partial charge in [0.05, 0.1) is 0 Å². The van der Waals surface area contributed by atoms with E-state index >= 15 is 0 Å². The van der Waals surface area contributed by atoms with Crippen LogP contribution in [0.25, 0.3) is 19.5 Å². The van der Waals surface area contributed by atoms with Crippen molar-refractivity contribution in [2.24, 2.45) is 0 Å². The molecule has 0 saturated carbocycles. The summed E-state index contributed by atoms with van der Waals surface area (Å²) in [4.78, 5) is 9.17. The molecule has 0 aliphatic carbocycles. The predicted molar refractivity (Wildman–Crippen MR) is 191 cm³/mol. The van der Waals surface area contributed by atoms with Crippen LogP contribution in [0.2, 0.25) is 0 Å². The first-order chi connectivity index (χ1) is 20.3. The van der Waals surface area contributed by atoms with Crippen LogP contribution in [0, 0.1) is 0 Å². The zero-order valence-electron chi connectivity index (χ0n) is 25.7. The molecule has 0 atom stereocenters. The maximum absolute atomic E-state index is 2.39. The smallest absolute Gasteiger partial charge is 0.0474 e. The molecule has 224 valence electrons. The van der Waals surface area contributed by atoms with E-state index in [0.717, 1.165) is 0 Å². The molecule has 0 amide bonds. The summed E-state index contributed by atoms with van der Waals surface area (Å²) in [6.07, 6.45) is 25.4. The van der Waals surface area contributed by atoms with E-state index < -0.39 is 0 Å². The highest BCUT2D eigenvalue weighted by Crippen LogP contribution is 2.38. The summed E-state index contributed by atoms with van der Waals surface area (Å²) in [6.45, 7) is 4.59. The number of rotatable bonds is 22. The molecule has 0 aliphatic rings. The van der Waals surface area contributed by atoms with E-state index in [-0.39, 0.29) is 0 Å². The molecular formula is C37H52S4. The van der Waals surface area contributed by atoms with E-state index in [0.29, 0.717) is 0 Å². The molecule has 4 aromatic rings. The van der Waals surface area contributed by atoms with Gasteiger partial charge in [0.25, 0.3) is 0 Å². The van der Waals surface area contributed by atoms with Crippen molar-refractivity contribution in [1.29, 1.82) is 0 Å². The molecule has 4 heterocycles. The molecule has 41 heavy (non-hydrogen) atoms. The SMILES string of the molecule is CCCCCCCCc1ccsc1-c1ccc(CCCCCc2ccc(-c3sccc3CCCCCCCC)s2)s1. The van der Waals surface area contributed by atoms with Crippen molar-refractivity contribution in [3.63, 3.8) is 0 Å². The molecule has 0 unspecified atom stereocenters. The molecule has 0 saturated heterocycles. The number of aryl methyl sites for hydroxylation is 4. The van der Waals surface area contributed by atoms with Crippen LogP contribution in [-0.4, -0.2) is 0 Å². The first-order valence-corrected chi connectivity index (χ1v) is 20.0. The van der Waals surface area contributed by atoms with Crippen LogP contribution in [0.3, 0.4) is 0 Å². The van der Waals surface area contributed by atoms with Crippen LogP contribution >= 0.6 is 45.3 Å². The molecule has 0 bridgehead atoms. The minimum Gasteiger partial charge on any atom is -0.143 e. The lowest BCUT2D eigenvalue weighted by molar-refractivity contribution is 0.608. The third-order valence-electron chi connectivity index (χ3n) is 8.21. The Labute approximate surface area is 267 Å². The van der Waals surface area contributed by atoms with Gasteiger partial charge >= 0.3 is 0 Å². The topological polar surface area (TPSA) is 0 Å². The highest BCUT2D eigenvalue weighted by Gasteiger charge is 2.12. The van der Waals surface area contributed by atoms with Crippen molar-refractivity contribution in [3.8, 4) is 19.5 Å². The Morgan fingerprint density at radius 3 is 1.27 bits per heavy atom. The van der Waals surface area contributed by atoms with Gasteiger partial charge in [0.1, 0.15) is 0 Å². The van der Waals surface area contributed by atoms with E-state index in [9.17, 15) is 0 Å². The van der Waals surface area contributed by atoms with E-state index in [1.807, 2.05) is 45.3 Å². The second-order valence-electron chi connectivity index (χ2n) is 11.7. The van der Waals surface area contributed by atoms with Gasteiger partial charge in [-0.05, 0) is 110 Å². The number of thiophene rings is 4. The number of hydrogen-bond acceptors (Lipinski definition) is 4. The number of hydrogen-bond donors (Lipinski definition) is 0. The summed E-state index contributed by atoms with van der Waals surface area (Å²) in [5.41, 5.74) is 3.15. The Balaban J connectivity index is 1.14. The molecule has 0 spiro atoms. The maximum Gasteiger partial charge on any atom is 0.0474 e. The molecule has 4 heteroatoms. The van der Waals surface area contributed by atoms with Crippen molar-refractivity contribution in [3.05, 3.63) is 68.0 Å². The average Bonchev–Trinajstić information content (AvgIpc) is 3.80. The highest BCUT2D eigenvalue weighted by atomic mass is 32.1. The third kappa shape index (κ3) is 11.1. The Kier molecular flexibility index (Phi) is 15.3. The molecule has 4 rings (SSSR count). The molecule has 0 aliphatic heterocycles. The van der Waals surface area contributed by atoms with Gasteiger partial charge in [-0.15, -0.1) is 45.3 Å². The van der Waals surface area contributed by atoms with Gasteiger partial charge in [0, 0.05) is 29.3 Å². The molecule has 0 radical (unpaired) electrons. The van der Waals surface area contributed by atoms with Crippen molar-refractivity contribution < 1.29 is 0 Å². The lowest BCUT2D eigenvalue weighted by atomic mass is 10.1. The second kappa shape index (κ2) is 19.2. The maximum atomic E-state index is 2.39. The molecule has 0 N–H and O–H groups in total. The fourth-order valence-corrected chi connectivity index (χ4v) is 10.1. The van der Waals surface area contributed by atoms with Crippen LogP contribution < -0.4 is 0 Å². The first kappa shape index (κ1) is 32.7. The summed E-state index contributed by atoms with van der Waals surface area (Å²) >= 11 is 7.95. The van der Waals surface area contributed by atoms with Crippen molar-refractivity contribution in [1.82, 2.24) is 0 Å². The van der Waals surface area contributed by atoms with Crippen LogP contribution in [0.15, 0.2) is 47.2 Å². The fourth-order valence-electron chi connectivity index (χ4n) is 5.73. The lowest BCUT2D eigenvalue weighted by Gasteiger charge is -2.03. The van der Waals surface area contributed by atoms with E-state index in [1.54, 1.807) is 20.9 Å². The van der Waals surface area contributed by atoms with Gasteiger partial charge in [0.15, 0.2) is 0 Å². The normalized spacial score (nSPS) is 11.6. The Morgan fingerprint density at radius 2 is 0.805 bits per heavy atom. The zero-order valence-corrected chi connectivity index (χ0v) is 29.0. The summed E-state index contributed by atoms with van der Waals surface area (Å²) in [6, 6.07) is 14.3. The van der Waals surface area contributed by atoms with Crippen LogP contribution in [0.4, 0.5) is 0 Å². The molecular weight excluding hydrogens is 573 g/mol. The summed E-state index contributed by atoms with van der Waals surface area (Å²) < 4.78 is 0. The Bertz CT molecular complexity index is 1120. The van der Waals surface area contributed by atoms with Crippen molar-refractivity contribution >= 4 is 45.3 Å². The summed E-state index contributed by atoms with van der Waals surface area (Å²) in [7, 11) is 0. The minimum absolute atomic E-state index is 1.23. The second-order valence-corrected chi connectivity index (χ2v) is 15.8. The molecule has 0 nitrogen and oxygen atoms in total. The number of unbranched alkanes of at least 4 members (excludes halogenated alkanes) is 12. The summed E-state index contributed by atoms with van der Waals surface area (Å²) in [5, 5.41) is 4.60. The molecule has 4 aromatic heterocycles. The van der Waals surface area contributed by atoms with Crippen LogP contribution in [-0.2, 0) is 25.7 Å². The van der Waals surface area contributed by atoms with E-state index in [4.69, 9.17) is 0 Å². The Morgan fingerprint density at radius 1 is 0.415 bits per heavy atom.